The number of hydrogen-bond donors (Lipinski definition) is 2. The third-order valence-electron chi connectivity index (χ3n) is 5.01. The van der Waals surface area contributed by atoms with Crippen LogP contribution in [0.1, 0.15) is 58.8 Å². The molecule has 3 heteroatoms. The van der Waals surface area contributed by atoms with Crippen molar-refractivity contribution >= 4 is 5.91 Å². The zero-order valence-corrected chi connectivity index (χ0v) is 11.8. The Morgan fingerprint density at radius 2 is 1.67 bits per heavy atom. The van der Waals surface area contributed by atoms with Gasteiger partial charge in [-0.15, -0.1) is 0 Å². The van der Waals surface area contributed by atoms with Gasteiger partial charge in [0.1, 0.15) is 0 Å². The molecule has 0 bridgehead atoms. The molecule has 1 amide bonds. The number of carbonyl (C=O) groups is 1. The van der Waals surface area contributed by atoms with Gasteiger partial charge in [0.05, 0.1) is 5.92 Å². The van der Waals surface area contributed by atoms with E-state index in [9.17, 15) is 4.79 Å². The Morgan fingerprint density at radius 3 is 2.33 bits per heavy atom. The molecule has 0 radical (unpaired) electrons. The van der Waals surface area contributed by atoms with Crippen LogP contribution in [0.3, 0.4) is 0 Å². The molecule has 2 aliphatic rings. The molecule has 0 heterocycles. The summed E-state index contributed by atoms with van der Waals surface area (Å²) in [6, 6.07) is 0.445. The zero-order valence-electron chi connectivity index (χ0n) is 11.8. The lowest BCUT2D eigenvalue weighted by Gasteiger charge is -2.36. The molecule has 0 aromatic heterocycles. The van der Waals surface area contributed by atoms with E-state index in [4.69, 9.17) is 5.73 Å². The molecule has 2 rings (SSSR count). The Bertz CT molecular complexity index is 282. The number of nitrogens with one attached hydrogen (secondary N) is 1. The number of nitrogens with two attached hydrogens (primary N) is 1. The van der Waals surface area contributed by atoms with Gasteiger partial charge in [-0.3, -0.25) is 4.79 Å². The minimum atomic E-state index is 0.0351. The van der Waals surface area contributed by atoms with Crippen molar-refractivity contribution in [2.75, 3.05) is 0 Å². The Kier molecular flexibility index (Phi) is 4.66. The predicted octanol–water partition coefficient (Wildman–Crippen LogP) is 2.44. The molecule has 104 valence electrons. The number of hydrogen-bond acceptors (Lipinski definition) is 2. The van der Waals surface area contributed by atoms with Gasteiger partial charge in [-0.2, -0.15) is 0 Å². The molecule has 0 aromatic rings. The predicted molar refractivity (Wildman–Crippen MR) is 74.0 cm³/mol. The molecule has 3 N–H and O–H groups in total. The molecule has 0 saturated heterocycles. The van der Waals surface area contributed by atoms with E-state index in [0.29, 0.717) is 17.9 Å². The van der Waals surface area contributed by atoms with Crippen molar-refractivity contribution in [1.82, 2.24) is 5.32 Å². The van der Waals surface area contributed by atoms with Gasteiger partial charge in [-0.05, 0) is 37.5 Å². The molecular formula is C15H28N2O. The number of amides is 1. The van der Waals surface area contributed by atoms with Gasteiger partial charge in [0.2, 0.25) is 5.91 Å². The van der Waals surface area contributed by atoms with Crippen LogP contribution < -0.4 is 11.1 Å². The second-order valence-electron chi connectivity index (χ2n) is 6.47. The Balaban J connectivity index is 1.93. The highest BCUT2D eigenvalue weighted by molar-refractivity contribution is 5.80. The highest BCUT2D eigenvalue weighted by Crippen LogP contribution is 2.30. The Morgan fingerprint density at radius 1 is 1.00 bits per heavy atom. The summed E-state index contributed by atoms with van der Waals surface area (Å²) in [4.78, 5) is 12.4. The SMILES string of the molecule is CC1CCCCC1NC(=O)C1C(C)CCCC1N. The largest absolute Gasteiger partial charge is 0.353 e. The molecule has 2 aliphatic carbocycles. The van der Waals surface area contributed by atoms with Crippen LogP contribution in [-0.4, -0.2) is 18.0 Å². The molecular weight excluding hydrogens is 224 g/mol. The van der Waals surface area contributed by atoms with Crippen LogP contribution in [0.15, 0.2) is 0 Å². The van der Waals surface area contributed by atoms with Crippen LogP contribution in [0, 0.1) is 17.8 Å². The average Bonchev–Trinajstić information content (AvgIpc) is 2.32. The van der Waals surface area contributed by atoms with E-state index in [1.807, 2.05) is 0 Å². The van der Waals surface area contributed by atoms with Gasteiger partial charge >= 0.3 is 0 Å². The smallest absolute Gasteiger partial charge is 0.225 e. The van der Waals surface area contributed by atoms with Crippen LogP contribution in [0.4, 0.5) is 0 Å². The second-order valence-corrected chi connectivity index (χ2v) is 6.47. The van der Waals surface area contributed by atoms with E-state index in [1.165, 1.54) is 25.7 Å². The standard InChI is InChI=1S/C15H28N2O/c1-10-6-3-4-9-13(10)17-15(18)14-11(2)7-5-8-12(14)16/h10-14H,3-9,16H2,1-2H3,(H,17,18). The highest BCUT2D eigenvalue weighted by Gasteiger charge is 2.35. The van der Waals surface area contributed by atoms with Crippen LogP contribution in [0.5, 0.6) is 0 Å². The molecule has 0 aromatic carbocycles. The van der Waals surface area contributed by atoms with Crippen molar-refractivity contribution in [2.45, 2.75) is 70.9 Å². The quantitative estimate of drug-likeness (QED) is 0.793. The van der Waals surface area contributed by atoms with E-state index in [2.05, 4.69) is 19.2 Å². The summed E-state index contributed by atoms with van der Waals surface area (Å²) in [5.41, 5.74) is 6.15. The van der Waals surface area contributed by atoms with Crippen molar-refractivity contribution in [3.05, 3.63) is 0 Å². The molecule has 2 saturated carbocycles. The number of rotatable bonds is 2. The fourth-order valence-corrected chi connectivity index (χ4v) is 3.72. The molecule has 5 unspecified atom stereocenters. The lowest BCUT2D eigenvalue weighted by Crippen LogP contribution is -2.51. The minimum absolute atomic E-state index is 0.0351. The third-order valence-corrected chi connectivity index (χ3v) is 5.01. The Labute approximate surface area is 111 Å². The first kappa shape index (κ1) is 13.9. The van der Waals surface area contributed by atoms with Crippen LogP contribution in [0.25, 0.3) is 0 Å². The van der Waals surface area contributed by atoms with Crippen molar-refractivity contribution in [3.8, 4) is 0 Å². The average molecular weight is 252 g/mol. The first-order valence-corrected chi connectivity index (χ1v) is 7.65. The maximum atomic E-state index is 12.4. The topological polar surface area (TPSA) is 55.1 Å². The summed E-state index contributed by atoms with van der Waals surface area (Å²) in [7, 11) is 0. The lowest BCUT2D eigenvalue weighted by molar-refractivity contribution is -0.129. The molecule has 18 heavy (non-hydrogen) atoms. The normalized spacial score (nSPS) is 41.4. The van der Waals surface area contributed by atoms with Crippen molar-refractivity contribution in [1.29, 1.82) is 0 Å². The van der Waals surface area contributed by atoms with Crippen LogP contribution in [0.2, 0.25) is 0 Å². The van der Waals surface area contributed by atoms with E-state index in [0.717, 1.165) is 19.3 Å². The lowest BCUT2D eigenvalue weighted by atomic mass is 9.76. The highest BCUT2D eigenvalue weighted by atomic mass is 16.2. The van der Waals surface area contributed by atoms with Crippen molar-refractivity contribution in [3.63, 3.8) is 0 Å². The van der Waals surface area contributed by atoms with Gasteiger partial charge in [0.25, 0.3) is 0 Å². The second kappa shape index (κ2) is 6.05. The van der Waals surface area contributed by atoms with E-state index < -0.39 is 0 Å². The van der Waals surface area contributed by atoms with E-state index in [-0.39, 0.29) is 17.9 Å². The molecule has 5 atom stereocenters. The van der Waals surface area contributed by atoms with Gasteiger partial charge in [0, 0.05) is 12.1 Å². The van der Waals surface area contributed by atoms with E-state index in [1.54, 1.807) is 0 Å². The van der Waals surface area contributed by atoms with Crippen molar-refractivity contribution in [2.24, 2.45) is 23.5 Å². The van der Waals surface area contributed by atoms with Crippen LogP contribution in [-0.2, 0) is 4.79 Å². The Hall–Kier alpha value is -0.570. The number of carbonyl (C=O) groups excluding carboxylic acids is 1. The summed E-state index contributed by atoms with van der Waals surface area (Å²) < 4.78 is 0. The maximum absolute atomic E-state index is 12.4. The zero-order chi connectivity index (χ0) is 13.1. The molecule has 3 nitrogen and oxygen atoms in total. The summed E-state index contributed by atoms with van der Waals surface area (Å²) in [5.74, 6) is 1.31. The minimum Gasteiger partial charge on any atom is -0.353 e. The first-order valence-electron chi connectivity index (χ1n) is 7.65. The molecule has 0 aliphatic heterocycles. The maximum Gasteiger partial charge on any atom is 0.225 e. The fourth-order valence-electron chi connectivity index (χ4n) is 3.72. The van der Waals surface area contributed by atoms with Gasteiger partial charge in [-0.25, -0.2) is 0 Å². The summed E-state index contributed by atoms with van der Waals surface area (Å²) in [6.45, 7) is 4.43. The molecule has 0 spiro atoms. The molecule has 2 fully saturated rings. The summed E-state index contributed by atoms with van der Waals surface area (Å²) in [5, 5.41) is 3.28. The van der Waals surface area contributed by atoms with Gasteiger partial charge in [-0.1, -0.05) is 33.1 Å². The van der Waals surface area contributed by atoms with Gasteiger partial charge < -0.3 is 11.1 Å². The fraction of sp³-hybridized carbons (Fsp3) is 0.933. The summed E-state index contributed by atoms with van der Waals surface area (Å²) >= 11 is 0. The van der Waals surface area contributed by atoms with E-state index >= 15 is 0 Å². The first-order chi connectivity index (χ1) is 8.59. The monoisotopic (exact) mass is 252 g/mol. The van der Waals surface area contributed by atoms with Crippen LogP contribution >= 0.6 is 0 Å². The third kappa shape index (κ3) is 3.05. The van der Waals surface area contributed by atoms with Crippen molar-refractivity contribution < 1.29 is 4.79 Å². The summed E-state index contributed by atoms with van der Waals surface area (Å²) in [6.07, 6.45) is 8.27. The van der Waals surface area contributed by atoms with Gasteiger partial charge in [0.15, 0.2) is 0 Å².